The fraction of sp³-hybridized carbons (Fsp3) is 0.118. The molecule has 0 fully saturated rings. The van der Waals surface area contributed by atoms with E-state index in [1.165, 1.54) is 10.9 Å². The van der Waals surface area contributed by atoms with Gasteiger partial charge in [0.25, 0.3) is 0 Å². The molecule has 0 aliphatic heterocycles. The van der Waals surface area contributed by atoms with Crippen LogP contribution in [0.1, 0.15) is 17.2 Å². The summed E-state index contributed by atoms with van der Waals surface area (Å²) >= 11 is 8.52. The van der Waals surface area contributed by atoms with E-state index in [2.05, 4.69) is 69.3 Å². The van der Waals surface area contributed by atoms with Crippen LogP contribution in [0.2, 0.25) is 5.02 Å². The van der Waals surface area contributed by atoms with E-state index >= 15 is 0 Å². The van der Waals surface area contributed by atoms with Crippen LogP contribution in [0.3, 0.4) is 0 Å². The minimum Gasteiger partial charge on any atom is -0.309 e. The zero-order valence-corrected chi connectivity index (χ0v) is 14.4. The number of hydrogen-bond acceptors (Lipinski definition) is 2. The Morgan fingerprint density at radius 3 is 2.81 bits per heavy atom. The van der Waals surface area contributed by atoms with Gasteiger partial charge in [-0.15, -0.1) is 0 Å². The number of hydrogen-bond donors (Lipinski definition) is 1. The normalized spacial score (nSPS) is 12.5. The van der Waals surface area contributed by atoms with Gasteiger partial charge in [0, 0.05) is 21.4 Å². The van der Waals surface area contributed by atoms with Crippen LogP contribution in [0.5, 0.6) is 0 Å². The van der Waals surface area contributed by atoms with Gasteiger partial charge < -0.3 is 5.32 Å². The van der Waals surface area contributed by atoms with Crippen LogP contribution in [0.25, 0.3) is 10.8 Å². The van der Waals surface area contributed by atoms with Gasteiger partial charge in [-0.2, -0.15) is 0 Å². The van der Waals surface area contributed by atoms with Crippen molar-refractivity contribution in [3.05, 3.63) is 74.6 Å². The quantitative estimate of drug-likeness (QED) is 0.630. The number of aromatic nitrogens is 1. The zero-order valence-electron chi connectivity index (χ0n) is 11.5. The number of pyridine rings is 1. The topological polar surface area (TPSA) is 24.9 Å². The molecule has 106 valence electrons. The van der Waals surface area contributed by atoms with Gasteiger partial charge >= 0.3 is 0 Å². The predicted octanol–water partition coefficient (Wildman–Crippen LogP) is 4.80. The largest absolute Gasteiger partial charge is 0.309 e. The summed E-state index contributed by atoms with van der Waals surface area (Å²) in [5, 5.41) is 6.53. The molecule has 0 saturated heterocycles. The van der Waals surface area contributed by atoms with Gasteiger partial charge in [-0.05, 0) is 64.4 Å². The summed E-state index contributed by atoms with van der Waals surface area (Å²) in [5.74, 6) is 0. The molecular formula is C17H14ClIN2. The van der Waals surface area contributed by atoms with Crippen molar-refractivity contribution < 1.29 is 0 Å². The molecule has 1 heterocycles. The van der Waals surface area contributed by atoms with E-state index in [1.807, 2.05) is 25.5 Å². The summed E-state index contributed by atoms with van der Waals surface area (Å²) in [4.78, 5) is 4.20. The minimum absolute atomic E-state index is 0.102. The molecule has 3 rings (SSSR count). The third-order valence-electron chi connectivity index (χ3n) is 3.59. The number of fused-ring (bicyclic) bond motifs is 1. The highest BCUT2D eigenvalue weighted by molar-refractivity contribution is 14.1. The summed E-state index contributed by atoms with van der Waals surface area (Å²) in [5.41, 5.74) is 2.39. The highest BCUT2D eigenvalue weighted by Gasteiger charge is 2.15. The zero-order chi connectivity index (χ0) is 14.8. The Kier molecular flexibility index (Phi) is 4.42. The molecule has 1 N–H and O–H groups in total. The summed E-state index contributed by atoms with van der Waals surface area (Å²) in [6, 6.07) is 14.7. The molecule has 1 atom stereocenters. The first-order valence-corrected chi connectivity index (χ1v) is 8.11. The van der Waals surface area contributed by atoms with Crippen molar-refractivity contribution in [1.29, 1.82) is 0 Å². The lowest BCUT2D eigenvalue weighted by Crippen LogP contribution is -2.18. The number of nitrogens with one attached hydrogen (secondary N) is 1. The molecule has 0 radical (unpaired) electrons. The van der Waals surface area contributed by atoms with Gasteiger partial charge in [-0.1, -0.05) is 35.9 Å². The summed E-state index contributed by atoms with van der Waals surface area (Å²) in [6.45, 7) is 0. The molecule has 0 spiro atoms. The highest BCUT2D eigenvalue weighted by Crippen LogP contribution is 2.30. The fourth-order valence-electron chi connectivity index (χ4n) is 2.59. The van der Waals surface area contributed by atoms with Crippen molar-refractivity contribution >= 4 is 45.0 Å². The molecule has 3 aromatic rings. The molecule has 2 nitrogen and oxygen atoms in total. The number of rotatable bonds is 3. The van der Waals surface area contributed by atoms with Crippen molar-refractivity contribution in [2.45, 2.75) is 6.04 Å². The molecule has 0 bridgehead atoms. The van der Waals surface area contributed by atoms with E-state index in [9.17, 15) is 0 Å². The third kappa shape index (κ3) is 2.91. The van der Waals surface area contributed by atoms with Gasteiger partial charge in [0.05, 0.1) is 11.1 Å². The molecule has 21 heavy (non-hydrogen) atoms. The molecule has 0 aliphatic carbocycles. The molecule has 0 amide bonds. The van der Waals surface area contributed by atoms with Crippen molar-refractivity contribution in [3.63, 3.8) is 0 Å². The first-order valence-electron chi connectivity index (χ1n) is 6.65. The Balaban J connectivity index is 2.16. The van der Waals surface area contributed by atoms with Crippen molar-refractivity contribution in [1.82, 2.24) is 10.3 Å². The molecule has 1 aromatic heterocycles. The first-order chi connectivity index (χ1) is 10.2. The lowest BCUT2D eigenvalue weighted by Gasteiger charge is -2.19. The second kappa shape index (κ2) is 6.30. The van der Waals surface area contributed by atoms with E-state index in [4.69, 9.17) is 11.6 Å². The Labute approximate surface area is 142 Å². The molecule has 1 unspecified atom stereocenters. The van der Waals surface area contributed by atoms with Crippen LogP contribution < -0.4 is 5.32 Å². The summed E-state index contributed by atoms with van der Waals surface area (Å²) in [7, 11) is 1.97. The van der Waals surface area contributed by atoms with Gasteiger partial charge in [-0.3, -0.25) is 4.98 Å². The average Bonchev–Trinajstić information content (AvgIpc) is 2.52. The maximum Gasteiger partial charge on any atom is 0.0580 e. The van der Waals surface area contributed by atoms with Gasteiger partial charge in [0.2, 0.25) is 0 Å². The van der Waals surface area contributed by atoms with Crippen LogP contribution in [-0.2, 0) is 0 Å². The van der Waals surface area contributed by atoms with Crippen molar-refractivity contribution in [2.24, 2.45) is 0 Å². The molecule has 0 aliphatic rings. The van der Waals surface area contributed by atoms with E-state index in [0.29, 0.717) is 0 Å². The minimum atomic E-state index is 0.102. The Morgan fingerprint density at radius 1 is 1.19 bits per heavy atom. The molecule has 0 saturated carbocycles. The Hall–Kier alpha value is -1.17. The standard InChI is InChI=1S/C17H14ClIN2/c1-20-17(11-5-6-16(19)15(18)9-11)14-4-2-3-12-10-21-8-7-13(12)14/h2-10,17,20H,1H3. The highest BCUT2D eigenvalue weighted by atomic mass is 127. The summed E-state index contributed by atoms with van der Waals surface area (Å²) < 4.78 is 1.06. The fourth-order valence-corrected chi connectivity index (χ4v) is 3.12. The van der Waals surface area contributed by atoms with Gasteiger partial charge in [0.1, 0.15) is 0 Å². The molecule has 2 aromatic carbocycles. The second-order valence-electron chi connectivity index (χ2n) is 4.84. The Bertz CT molecular complexity index is 783. The monoisotopic (exact) mass is 408 g/mol. The number of benzene rings is 2. The van der Waals surface area contributed by atoms with Gasteiger partial charge in [0.15, 0.2) is 0 Å². The maximum absolute atomic E-state index is 6.28. The van der Waals surface area contributed by atoms with Crippen molar-refractivity contribution in [3.8, 4) is 0 Å². The maximum atomic E-state index is 6.28. The van der Waals surface area contributed by atoms with E-state index < -0.39 is 0 Å². The van der Waals surface area contributed by atoms with E-state index in [-0.39, 0.29) is 6.04 Å². The number of nitrogens with zero attached hydrogens (tertiary/aromatic N) is 1. The second-order valence-corrected chi connectivity index (χ2v) is 6.41. The van der Waals surface area contributed by atoms with Crippen LogP contribution in [0.4, 0.5) is 0 Å². The molecule has 4 heteroatoms. The predicted molar refractivity (Wildman–Crippen MR) is 96.8 cm³/mol. The Morgan fingerprint density at radius 2 is 2.05 bits per heavy atom. The SMILES string of the molecule is CNC(c1ccc(I)c(Cl)c1)c1cccc2cnccc12. The number of halogens is 2. The van der Waals surface area contributed by atoms with E-state index in [1.54, 1.807) is 0 Å². The van der Waals surface area contributed by atoms with Gasteiger partial charge in [-0.25, -0.2) is 0 Å². The van der Waals surface area contributed by atoms with Crippen molar-refractivity contribution in [2.75, 3.05) is 7.05 Å². The average molecular weight is 409 g/mol. The van der Waals surface area contributed by atoms with Crippen LogP contribution in [0, 0.1) is 3.57 Å². The third-order valence-corrected chi connectivity index (χ3v) is 5.16. The van der Waals surface area contributed by atoms with Crippen LogP contribution >= 0.6 is 34.2 Å². The molecular weight excluding hydrogens is 395 g/mol. The first kappa shape index (κ1) is 14.8. The van der Waals surface area contributed by atoms with Crippen LogP contribution in [-0.4, -0.2) is 12.0 Å². The summed E-state index contributed by atoms with van der Waals surface area (Å²) in [6.07, 6.45) is 3.73. The smallest absolute Gasteiger partial charge is 0.0580 e. The van der Waals surface area contributed by atoms with Crippen LogP contribution in [0.15, 0.2) is 54.9 Å². The lowest BCUT2D eigenvalue weighted by molar-refractivity contribution is 0.697. The lowest BCUT2D eigenvalue weighted by atomic mass is 9.94. The van der Waals surface area contributed by atoms with E-state index in [0.717, 1.165) is 19.5 Å².